The molecule has 0 bridgehead atoms. The normalized spacial score (nSPS) is 27.3. The van der Waals surface area contributed by atoms with Gasteiger partial charge in [0.15, 0.2) is 12.6 Å². The van der Waals surface area contributed by atoms with Crippen LogP contribution in [0.2, 0.25) is 0 Å². The molecule has 0 aromatic heterocycles. The van der Waals surface area contributed by atoms with Gasteiger partial charge in [0, 0.05) is 5.56 Å². The van der Waals surface area contributed by atoms with Gasteiger partial charge >= 0.3 is 0 Å². The van der Waals surface area contributed by atoms with Crippen molar-refractivity contribution in [1.82, 2.24) is 5.32 Å². The molecule has 37 heavy (non-hydrogen) atoms. The molecule has 1 unspecified atom stereocenters. The number of aliphatic hydroxyl groups excluding tert-OH is 1. The Bertz CT molecular complexity index is 1110. The second kappa shape index (κ2) is 12.4. The second-order valence-corrected chi connectivity index (χ2v) is 9.08. The molecular weight excluding hydrogens is 474 g/mol. The van der Waals surface area contributed by atoms with E-state index in [1.54, 1.807) is 0 Å². The van der Waals surface area contributed by atoms with E-state index in [1.165, 1.54) is 0 Å². The molecule has 2 heterocycles. The molecule has 0 aliphatic carbocycles. The molecule has 2 saturated heterocycles. The van der Waals surface area contributed by atoms with Crippen LogP contribution in [0.15, 0.2) is 91.0 Å². The van der Waals surface area contributed by atoms with Crippen molar-refractivity contribution in [3.8, 4) is 0 Å². The Kier molecular flexibility index (Phi) is 8.57. The minimum atomic E-state index is -1.09. The largest absolute Gasteiger partial charge is 0.388 e. The predicted molar refractivity (Wildman–Crippen MR) is 134 cm³/mol. The quantitative estimate of drug-likeness (QED) is 0.461. The van der Waals surface area contributed by atoms with Crippen molar-refractivity contribution in [2.45, 2.75) is 50.1 Å². The summed E-state index contributed by atoms with van der Waals surface area (Å²) in [5.41, 5.74) is 2.75. The van der Waals surface area contributed by atoms with Gasteiger partial charge in [0.25, 0.3) is 0 Å². The van der Waals surface area contributed by atoms with Crippen molar-refractivity contribution in [3.63, 3.8) is 0 Å². The molecule has 8 nitrogen and oxygen atoms in total. The fraction of sp³-hybridized carbons (Fsp3) is 0.345. The van der Waals surface area contributed by atoms with Crippen molar-refractivity contribution < 1.29 is 33.6 Å². The van der Waals surface area contributed by atoms with Crippen molar-refractivity contribution in [2.75, 3.05) is 13.2 Å². The third kappa shape index (κ3) is 6.61. The topological polar surface area (TPSA) is 95.5 Å². The fourth-order valence-corrected chi connectivity index (χ4v) is 4.48. The number of hydrogen-bond acceptors (Lipinski definition) is 7. The summed E-state index contributed by atoms with van der Waals surface area (Å²) in [6.45, 7) is 0.595. The zero-order valence-corrected chi connectivity index (χ0v) is 20.3. The molecule has 1 amide bonds. The molecule has 3 aromatic rings. The highest BCUT2D eigenvalue weighted by Gasteiger charge is 2.50. The van der Waals surface area contributed by atoms with Crippen molar-refractivity contribution in [2.24, 2.45) is 0 Å². The molecule has 3 aromatic carbocycles. The van der Waals surface area contributed by atoms with E-state index in [2.05, 4.69) is 5.32 Å². The Morgan fingerprint density at radius 3 is 2.16 bits per heavy atom. The summed E-state index contributed by atoms with van der Waals surface area (Å²) in [5, 5.41) is 14.2. The summed E-state index contributed by atoms with van der Waals surface area (Å²) in [7, 11) is 0. The van der Waals surface area contributed by atoms with Crippen LogP contribution in [0.1, 0.15) is 23.0 Å². The second-order valence-electron chi connectivity index (χ2n) is 9.08. The molecule has 194 valence electrons. The van der Waals surface area contributed by atoms with E-state index < -0.39 is 36.9 Å². The Labute approximate surface area is 216 Å². The monoisotopic (exact) mass is 505 g/mol. The Balaban J connectivity index is 1.25. The lowest BCUT2D eigenvalue weighted by Gasteiger charge is -2.47. The summed E-state index contributed by atoms with van der Waals surface area (Å²) in [6, 6.07) is 27.9. The van der Waals surface area contributed by atoms with Crippen LogP contribution in [0.5, 0.6) is 0 Å². The molecule has 6 atom stereocenters. The summed E-state index contributed by atoms with van der Waals surface area (Å²) in [6.07, 6.45) is -3.92. The van der Waals surface area contributed by atoms with Crippen LogP contribution in [0, 0.1) is 0 Å². The number of benzene rings is 3. The lowest BCUT2D eigenvalue weighted by atomic mass is 9.95. The maximum Gasteiger partial charge on any atom is 0.246 e. The first-order chi connectivity index (χ1) is 18.2. The SMILES string of the molecule is O=C(COCc1ccccc1)N[C@H]1[C@@H](OCc2ccccc2)O[C@@H]2COC(c3ccccc3)O[C@H]2[C@@H]1O. The average molecular weight is 506 g/mol. The number of fused-ring (bicyclic) bond motifs is 1. The number of ether oxygens (including phenoxy) is 5. The number of amides is 1. The van der Waals surface area contributed by atoms with Crippen LogP contribution < -0.4 is 5.32 Å². The lowest BCUT2D eigenvalue weighted by Crippen LogP contribution is -2.67. The maximum absolute atomic E-state index is 12.8. The van der Waals surface area contributed by atoms with Gasteiger partial charge in [0.05, 0.1) is 19.8 Å². The van der Waals surface area contributed by atoms with Crippen LogP contribution in [-0.4, -0.2) is 54.9 Å². The van der Waals surface area contributed by atoms with E-state index >= 15 is 0 Å². The summed E-state index contributed by atoms with van der Waals surface area (Å²) < 4.78 is 29.8. The molecule has 5 rings (SSSR count). The van der Waals surface area contributed by atoms with Gasteiger partial charge in [-0.15, -0.1) is 0 Å². The minimum absolute atomic E-state index is 0.172. The number of rotatable bonds is 9. The lowest BCUT2D eigenvalue weighted by molar-refractivity contribution is -0.345. The van der Waals surface area contributed by atoms with Crippen molar-refractivity contribution in [1.29, 1.82) is 0 Å². The van der Waals surface area contributed by atoms with Gasteiger partial charge in [-0.2, -0.15) is 0 Å². The number of hydrogen-bond donors (Lipinski definition) is 2. The average Bonchev–Trinajstić information content (AvgIpc) is 2.95. The highest BCUT2D eigenvalue weighted by Crippen LogP contribution is 2.34. The summed E-state index contributed by atoms with van der Waals surface area (Å²) in [5.74, 6) is -0.387. The van der Waals surface area contributed by atoms with E-state index in [1.807, 2.05) is 91.0 Å². The maximum atomic E-state index is 12.8. The predicted octanol–water partition coefficient (Wildman–Crippen LogP) is 3.10. The van der Waals surface area contributed by atoms with Gasteiger partial charge in [0.2, 0.25) is 5.91 Å². The Morgan fingerprint density at radius 1 is 0.865 bits per heavy atom. The number of aliphatic hydroxyl groups is 1. The molecule has 2 N–H and O–H groups in total. The Hall–Kier alpha value is -3.11. The van der Waals surface area contributed by atoms with Crippen molar-refractivity contribution >= 4 is 5.91 Å². The van der Waals surface area contributed by atoms with Gasteiger partial charge < -0.3 is 34.1 Å². The van der Waals surface area contributed by atoms with E-state index in [9.17, 15) is 9.90 Å². The molecule has 0 radical (unpaired) electrons. The summed E-state index contributed by atoms with van der Waals surface area (Å²) >= 11 is 0. The van der Waals surface area contributed by atoms with Gasteiger partial charge in [-0.1, -0.05) is 91.0 Å². The van der Waals surface area contributed by atoms with Gasteiger partial charge in [-0.25, -0.2) is 0 Å². The summed E-state index contributed by atoms with van der Waals surface area (Å²) in [4.78, 5) is 12.8. The molecule has 2 fully saturated rings. The third-order valence-electron chi connectivity index (χ3n) is 6.37. The molecular formula is C29H31NO7. The number of carbonyl (C=O) groups excluding carboxylic acids is 1. The highest BCUT2D eigenvalue weighted by atomic mass is 16.7. The molecule has 0 saturated carbocycles. The van der Waals surface area contributed by atoms with Crippen LogP contribution in [-0.2, 0) is 41.7 Å². The fourth-order valence-electron chi connectivity index (χ4n) is 4.48. The standard InChI is InChI=1S/C29H31NO7/c31-24(19-33-16-20-10-4-1-5-11-20)30-25-26(32)27-23(18-35-28(37-27)22-14-8-3-9-15-22)36-29(25)34-17-21-12-6-2-7-13-21/h1-15,23,25-29,32H,16-19H2,(H,30,31)/t23-,25-,26-,27-,28?,29+/m1/s1. The van der Waals surface area contributed by atoms with E-state index in [0.29, 0.717) is 6.61 Å². The van der Waals surface area contributed by atoms with Crippen LogP contribution in [0.3, 0.4) is 0 Å². The Morgan fingerprint density at radius 2 is 1.49 bits per heavy atom. The molecule has 8 heteroatoms. The third-order valence-corrected chi connectivity index (χ3v) is 6.37. The smallest absolute Gasteiger partial charge is 0.246 e. The first-order valence-electron chi connectivity index (χ1n) is 12.4. The zero-order valence-electron chi connectivity index (χ0n) is 20.3. The highest BCUT2D eigenvalue weighted by molar-refractivity contribution is 5.77. The number of nitrogens with one attached hydrogen (secondary N) is 1. The molecule has 0 spiro atoms. The van der Waals surface area contributed by atoms with Crippen molar-refractivity contribution in [3.05, 3.63) is 108 Å². The number of carbonyl (C=O) groups is 1. The van der Waals surface area contributed by atoms with Crippen LogP contribution >= 0.6 is 0 Å². The van der Waals surface area contributed by atoms with E-state index in [4.69, 9.17) is 23.7 Å². The van der Waals surface area contributed by atoms with Gasteiger partial charge in [-0.05, 0) is 11.1 Å². The minimum Gasteiger partial charge on any atom is -0.388 e. The van der Waals surface area contributed by atoms with Crippen LogP contribution in [0.25, 0.3) is 0 Å². The van der Waals surface area contributed by atoms with E-state index in [0.717, 1.165) is 16.7 Å². The molecule has 2 aliphatic heterocycles. The van der Waals surface area contributed by atoms with Gasteiger partial charge in [-0.3, -0.25) is 4.79 Å². The first-order valence-corrected chi connectivity index (χ1v) is 12.4. The zero-order chi connectivity index (χ0) is 25.5. The first kappa shape index (κ1) is 25.5. The van der Waals surface area contributed by atoms with Gasteiger partial charge in [0.1, 0.15) is 31.0 Å². The van der Waals surface area contributed by atoms with Crippen LogP contribution in [0.4, 0.5) is 0 Å². The molecule has 2 aliphatic rings. The van der Waals surface area contributed by atoms with E-state index in [-0.39, 0.29) is 25.7 Å².